The highest BCUT2D eigenvalue weighted by Gasteiger charge is 2.43. The Kier molecular flexibility index (Phi) is 4.19. The van der Waals surface area contributed by atoms with E-state index < -0.39 is 0 Å². The number of carbonyl (C=O) groups is 1. The molecule has 0 unspecified atom stereocenters. The van der Waals surface area contributed by atoms with E-state index in [-0.39, 0.29) is 0 Å². The second kappa shape index (κ2) is 6.14. The fourth-order valence-electron chi connectivity index (χ4n) is 4.47. The van der Waals surface area contributed by atoms with E-state index in [2.05, 4.69) is 17.1 Å². The lowest BCUT2D eigenvalue weighted by Crippen LogP contribution is -2.48. The summed E-state index contributed by atoms with van der Waals surface area (Å²) in [5.74, 6) is 2.82. The van der Waals surface area contributed by atoms with E-state index in [1.165, 1.54) is 64.2 Å². The van der Waals surface area contributed by atoms with Crippen LogP contribution in [-0.4, -0.2) is 35.5 Å². The fourth-order valence-corrected chi connectivity index (χ4v) is 4.47. The van der Waals surface area contributed by atoms with Crippen LogP contribution in [0, 0.1) is 17.8 Å². The van der Waals surface area contributed by atoms with E-state index in [1.807, 2.05) is 0 Å². The summed E-state index contributed by atoms with van der Waals surface area (Å²) in [7, 11) is 0. The first-order valence-corrected chi connectivity index (χ1v) is 9.76. The molecule has 0 spiro atoms. The molecule has 0 aromatic heterocycles. The van der Waals surface area contributed by atoms with Crippen LogP contribution in [0.5, 0.6) is 0 Å². The molecular formula is C19H32N2O. The van der Waals surface area contributed by atoms with Crippen molar-refractivity contribution in [2.45, 2.75) is 89.3 Å². The van der Waals surface area contributed by atoms with E-state index in [9.17, 15) is 4.79 Å². The Balaban J connectivity index is 1.31. The SMILES string of the molecule is CC1CCC(N(CC(=O)NC(C2CC2)C2CC2)C2CC2)CC1. The van der Waals surface area contributed by atoms with Crippen molar-refractivity contribution in [1.29, 1.82) is 0 Å². The standard InChI is InChI=1S/C19H32N2O/c1-13-2-8-16(9-3-13)21(17-10-11-17)12-18(22)20-19(14-4-5-14)15-6-7-15/h13-17,19H,2-12H2,1H3,(H,20,22). The molecule has 4 aliphatic carbocycles. The van der Waals surface area contributed by atoms with E-state index in [0.717, 1.165) is 17.8 Å². The first-order chi connectivity index (χ1) is 10.7. The summed E-state index contributed by atoms with van der Waals surface area (Å²) in [5.41, 5.74) is 0. The third-order valence-electron chi connectivity index (χ3n) is 6.38. The molecule has 0 heterocycles. The van der Waals surface area contributed by atoms with Crippen molar-refractivity contribution in [3.63, 3.8) is 0 Å². The molecule has 0 aromatic carbocycles. The monoisotopic (exact) mass is 304 g/mol. The first-order valence-electron chi connectivity index (χ1n) is 9.76. The van der Waals surface area contributed by atoms with Crippen molar-refractivity contribution in [2.75, 3.05) is 6.54 Å². The van der Waals surface area contributed by atoms with Gasteiger partial charge in [0, 0.05) is 18.1 Å². The molecule has 1 amide bonds. The van der Waals surface area contributed by atoms with Crippen LogP contribution in [-0.2, 0) is 4.79 Å². The molecule has 124 valence electrons. The minimum Gasteiger partial charge on any atom is -0.352 e. The van der Waals surface area contributed by atoms with E-state index in [4.69, 9.17) is 0 Å². The van der Waals surface area contributed by atoms with Gasteiger partial charge in [-0.25, -0.2) is 0 Å². The average Bonchev–Trinajstić information content (AvgIpc) is 3.40. The maximum Gasteiger partial charge on any atom is 0.234 e. The highest BCUT2D eigenvalue weighted by Crippen LogP contribution is 2.44. The van der Waals surface area contributed by atoms with Gasteiger partial charge in [0.05, 0.1) is 6.54 Å². The summed E-state index contributed by atoms with van der Waals surface area (Å²) < 4.78 is 0. The zero-order chi connectivity index (χ0) is 15.1. The molecule has 4 rings (SSSR count). The molecule has 4 fully saturated rings. The Morgan fingerprint density at radius 3 is 1.86 bits per heavy atom. The Morgan fingerprint density at radius 2 is 1.41 bits per heavy atom. The van der Waals surface area contributed by atoms with Gasteiger partial charge in [-0.3, -0.25) is 9.69 Å². The number of amides is 1. The molecule has 0 aromatic rings. The summed E-state index contributed by atoms with van der Waals surface area (Å²) in [6.45, 7) is 3.04. The van der Waals surface area contributed by atoms with E-state index in [0.29, 0.717) is 30.6 Å². The van der Waals surface area contributed by atoms with Crippen molar-refractivity contribution in [1.82, 2.24) is 10.2 Å². The van der Waals surface area contributed by atoms with Crippen LogP contribution in [0.2, 0.25) is 0 Å². The molecule has 22 heavy (non-hydrogen) atoms. The summed E-state index contributed by atoms with van der Waals surface area (Å²) in [6, 6.07) is 1.90. The number of rotatable bonds is 7. The molecule has 3 nitrogen and oxygen atoms in total. The topological polar surface area (TPSA) is 32.3 Å². The van der Waals surface area contributed by atoms with Gasteiger partial charge in [0.1, 0.15) is 0 Å². The van der Waals surface area contributed by atoms with Crippen molar-refractivity contribution >= 4 is 5.91 Å². The maximum atomic E-state index is 12.6. The zero-order valence-corrected chi connectivity index (χ0v) is 14.1. The van der Waals surface area contributed by atoms with Crippen molar-refractivity contribution in [3.8, 4) is 0 Å². The van der Waals surface area contributed by atoms with Crippen LogP contribution in [0.25, 0.3) is 0 Å². The van der Waals surface area contributed by atoms with Crippen LogP contribution in [0.3, 0.4) is 0 Å². The minimum absolute atomic E-state index is 0.314. The second-order valence-electron chi connectivity index (χ2n) is 8.59. The van der Waals surface area contributed by atoms with E-state index >= 15 is 0 Å². The van der Waals surface area contributed by atoms with Crippen molar-refractivity contribution in [2.24, 2.45) is 17.8 Å². The van der Waals surface area contributed by atoms with Gasteiger partial charge in [0.15, 0.2) is 0 Å². The summed E-state index contributed by atoms with van der Waals surface area (Å²) in [4.78, 5) is 15.2. The lowest BCUT2D eigenvalue weighted by atomic mass is 9.86. The van der Waals surface area contributed by atoms with Crippen LogP contribution in [0.15, 0.2) is 0 Å². The van der Waals surface area contributed by atoms with Gasteiger partial charge in [0.2, 0.25) is 5.91 Å². The number of hydrogen-bond acceptors (Lipinski definition) is 2. The smallest absolute Gasteiger partial charge is 0.234 e. The lowest BCUT2D eigenvalue weighted by Gasteiger charge is -2.36. The third kappa shape index (κ3) is 3.67. The largest absolute Gasteiger partial charge is 0.352 e. The minimum atomic E-state index is 0.314. The Labute approximate surface area is 135 Å². The van der Waals surface area contributed by atoms with Crippen LogP contribution >= 0.6 is 0 Å². The highest BCUT2D eigenvalue weighted by molar-refractivity contribution is 5.78. The van der Waals surface area contributed by atoms with Crippen molar-refractivity contribution < 1.29 is 4.79 Å². The van der Waals surface area contributed by atoms with Gasteiger partial charge in [0.25, 0.3) is 0 Å². The molecule has 0 radical (unpaired) electrons. The molecule has 0 atom stereocenters. The fraction of sp³-hybridized carbons (Fsp3) is 0.947. The normalized spacial score (nSPS) is 32.5. The molecule has 0 saturated heterocycles. The molecule has 0 bridgehead atoms. The number of hydrogen-bond donors (Lipinski definition) is 1. The number of nitrogens with one attached hydrogen (secondary N) is 1. The summed E-state index contributed by atoms with van der Waals surface area (Å²) in [5, 5.41) is 3.42. The second-order valence-corrected chi connectivity index (χ2v) is 8.59. The molecule has 4 aliphatic rings. The lowest BCUT2D eigenvalue weighted by molar-refractivity contribution is -0.124. The molecule has 0 aliphatic heterocycles. The molecule has 1 N–H and O–H groups in total. The van der Waals surface area contributed by atoms with Gasteiger partial charge in [-0.2, -0.15) is 0 Å². The number of carbonyl (C=O) groups excluding carboxylic acids is 1. The maximum absolute atomic E-state index is 12.6. The predicted molar refractivity (Wildman–Crippen MR) is 88.5 cm³/mol. The summed E-state index contributed by atoms with van der Waals surface area (Å²) in [6.07, 6.45) is 13.3. The molecular weight excluding hydrogens is 272 g/mol. The van der Waals surface area contributed by atoms with Crippen LogP contribution in [0.4, 0.5) is 0 Å². The molecule has 3 heteroatoms. The molecule has 4 saturated carbocycles. The van der Waals surface area contributed by atoms with Crippen molar-refractivity contribution in [3.05, 3.63) is 0 Å². The van der Waals surface area contributed by atoms with Gasteiger partial charge in [-0.15, -0.1) is 0 Å². The Hall–Kier alpha value is -0.570. The highest BCUT2D eigenvalue weighted by atomic mass is 16.2. The quantitative estimate of drug-likeness (QED) is 0.782. The van der Waals surface area contributed by atoms with Gasteiger partial charge >= 0.3 is 0 Å². The van der Waals surface area contributed by atoms with Gasteiger partial charge in [-0.05, 0) is 82.0 Å². The van der Waals surface area contributed by atoms with Gasteiger partial charge < -0.3 is 5.32 Å². The summed E-state index contributed by atoms with van der Waals surface area (Å²) >= 11 is 0. The first kappa shape index (κ1) is 15.0. The Bertz CT molecular complexity index is 392. The third-order valence-corrected chi connectivity index (χ3v) is 6.38. The van der Waals surface area contributed by atoms with Crippen LogP contribution < -0.4 is 5.32 Å². The Morgan fingerprint density at radius 1 is 0.909 bits per heavy atom. The zero-order valence-electron chi connectivity index (χ0n) is 14.1. The van der Waals surface area contributed by atoms with Gasteiger partial charge in [-0.1, -0.05) is 6.92 Å². The number of nitrogens with zero attached hydrogens (tertiary/aromatic N) is 1. The van der Waals surface area contributed by atoms with Crippen LogP contribution in [0.1, 0.15) is 71.1 Å². The van der Waals surface area contributed by atoms with E-state index in [1.54, 1.807) is 0 Å². The average molecular weight is 304 g/mol. The predicted octanol–water partition coefficient (Wildman–Crippen LogP) is 3.33.